The Bertz CT molecular complexity index is 3850. The molecule has 0 N–H and O–H groups in total. The molecule has 6 nitrogen and oxygen atoms in total. The molecule has 1 aliphatic rings. The van der Waals surface area contributed by atoms with E-state index in [1.807, 2.05) is 30.7 Å². The number of hydrogen-bond acceptors (Lipinski definition) is 6. The number of benzene rings is 6. The molecule has 284 valence electrons. The summed E-state index contributed by atoms with van der Waals surface area (Å²) < 4.78 is 0. The van der Waals surface area contributed by atoms with E-state index in [4.69, 9.17) is 24.9 Å². The van der Waals surface area contributed by atoms with Crippen LogP contribution < -0.4 is 0 Å². The van der Waals surface area contributed by atoms with Gasteiger partial charge in [-0.3, -0.25) is 19.9 Å². The van der Waals surface area contributed by atoms with Crippen LogP contribution in [0.15, 0.2) is 170 Å². The third-order valence-electron chi connectivity index (χ3n) is 12.9. The minimum atomic E-state index is -0.326. The Morgan fingerprint density at radius 3 is 1.61 bits per heavy atom. The van der Waals surface area contributed by atoms with Gasteiger partial charge in [0.15, 0.2) is 0 Å². The van der Waals surface area contributed by atoms with Crippen molar-refractivity contribution >= 4 is 76.1 Å². The molecular formula is C55H34N6. The van der Waals surface area contributed by atoms with E-state index in [0.29, 0.717) is 0 Å². The van der Waals surface area contributed by atoms with Crippen molar-refractivity contribution in [2.24, 2.45) is 0 Å². The fourth-order valence-corrected chi connectivity index (χ4v) is 9.76. The monoisotopic (exact) mass is 778 g/mol. The minimum Gasteiger partial charge on any atom is -0.256 e. The van der Waals surface area contributed by atoms with Crippen LogP contribution >= 0.6 is 0 Å². The summed E-state index contributed by atoms with van der Waals surface area (Å²) in [5, 5.41) is 10.2. The van der Waals surface area contributed by atoms with Crippen LogP contribution in [-0.4, -0.2) is 29.9 Å². The molecule has 0 amide bonds. The highest BCUT2D eigenvalue weighted by molar-refractivity contribution is 6.25. The molecule has 13 rings (SSSR count). The maximum Gasteiger partial charge on any atom is 0.0972 e. The lowest BCUT2D eigenvalue weighted by atomic mass is 9.84. The second-order valence-corrected chi connectivity index (χ2v) is 16.7. The Balaban J connectivity index is 0.905. The first-order valence-electron chi connectivity index (χ1n) is 20.7. The number of hydrogen-bond donors (Lipinski definition) is 0. The van der Waals surface area contributed by atoms with E-state index in [0.717, 1.165) is 105 Å². The predicted octanol–water partition coefficient (Wildman–Crippen LogP) is 13.4. The van der Waals surface area contributed by atoms with E-state index < -0.39 is 0 Å². The third kappa shape index (κ3) is 5.02. The highest BCUT2D eigenvalue weighted by Gasteiger charge is 2.38. The summed E-state index contributed by atoms with van der Waals surface area (Å²) in [6, 6.07) is 53.8. The van der Waals surface area contributed by atoms with Crippen LogP contribution in [0, 0.1) is 0 Å². The third-order valence-corrected chi connectivity index (χ3v) is 12.9. The van der Waals surface area contributed by atoms with Gasteiger partial charge in [-0.1, -0.05) is 111 Å². The second-order valence-electron chi connectivity index (χ2n) is 16.7. The molecule has 0 radical (unpaired) electrons. The molecule has 1 aliphatic carbocycles. The quantitative estimate of drug-likeness (QED) is 0.166. The highest BCUT2D eigenvalue weighted by atomic mass is 14.8. The summed E-state index contributed by atoms with van der Waals surface area (Å²) in [5.74, 6) is 0. The van der Waals surface area contributed by atoms with Gasteiger partial charge in [0.25, 0.3) is 0 Å². The summed E-state index contributed by atoms with van der Waals surface area (Å²) in [6.45, 7) is 4.60. The van der Waals surface area contributed by atoms with Crippen molar-refractivity contribution in [3.63, 3.8) is 0 Å². The van der Waals surface area contributed by atoms with Crippen molar-refractivity contribution in [1.29, 1.82) is 0 Å². The molecule has 6 aromatic carbocycles. The van der Waals surface area contributed by atoms with Gasteiger partial charge in [0.1, 0.15) is 0 Å². The maximum absolute atomic E-state index is 5.62. The summed E-state index contributed by atoms with van der Waals surface area (Å²) in [4.78, 5) is 30.2. The SMILES string of the molecule is CC1(C)c2cc(-c3ccc4ccc5cccnc5c4n3)ccc2-c2cc3c4ccccc4c4cc(-c5ccc(-c6ccc7ccc8cccnc8c7n6)cn5)ccc4c3nc21. The smallest absolute Gasteiger partial charge is 0.0972 e. The van der Waals surface area contributed by atoms with Crippen LogP contribution in [0.25, 0.3) is 121 Å². The Kier molecular flexibility index (Phi) is 6.97. The topological polar surface area (TPSA) is 77.3 Å². The first-order chi connectivity index (χ1) is 30.0. The van der Waals surface area contributed by atoms with Gasteiger partial charge in [-0.05, 0) is 81.9 Å². The average Bonchev–Trinajstić information content (AvgIpc) is 3.54. The molecule has 61 heavy (non-hydrogen) atoms. The molecule has 6 heterocycles. The fraction of sp³-hybridized carbons (Fsp3) is 0.0545. The number of fused-ring (bicyclic) bond motifs is 15. The van der Waals surface area contributed by atoms with Crippen LogP contribution in [0.5, 0.6) is 0 Å². The Labute approximate surface area is 350 Å². The largest absolute Gasteiger partial charge is 0.256 e. The van der Waals surface area contributed by atoms with Gasteiger partial charge in [0.2, 0.25) is 0 Å². The van der Waals surface area contributed by atoms with Gasteiger partial charge >= 0.3 is 0 Å². The molecule has 0 spiro atoms. The zero-order chi connectivity index (χ0) is 40.4. The van der Waals surface area contributed by atoms with E-state index in [2.05, 4.69) is 158 Å². The van der Waals surface area contributed by atoms with Gasteiger partial charge in [-0.15, -0.1) is 0 Å². The van der Waals surface area contributed by atoms with E-state index in [1.165, 1.54) is 27.5 Å². The molecule has 0 unspecified atom stereocenters. The van der Waals surface area contributed by atoms with E-state index >= 15 is 0 Å². The summed E-state index contributed by atoms with van der Waals surface area (Å²) >= 11 is 0. The van der Waals surface area contributed by atoms with Gasteiger partial charge in [-0.2, -0.15) is 0 Å². The van der Waals surface area contributed by atoms with Crippen molar-refractivity contribution in [3.8, 4) is 44.9 Å². The van der Waals surface area contributed by atoms with Crippen LogP contribution in [0.2, 0.25) is 0 Å². The zero-order valence-electron chi connectivity index (χ0n) is 33.3. The predicted molar refractivity (Wildman–Crippen MR) is 250 cm³/mol. The Hall–Kier alpha value is -7.96. The van der Waals surface area contributed by atoms with Crippen molar-refractivity contribution in [2.75, 3.05) is 0 Å². The Morgan fingerprint density at radius 1 is 0.361 bits per heavy atom. The lowest BCUT2D eigenvalue weighted by Gasteiger charge is -2.21. The number of rotatable bonds is 3. The van der Waals surface area contributed by atoms with Gasteiger partial charge in [-0.25, -0.2) is 9.97 Å². The summed E-state index contributed by atoms with van der Waals surface area (Å²) in [7, 11) is 0. The highest BCUT2D eigenvalue weighted by Crippen LogP contribution is 2.51. The van der Waals surface area contributed by atoms with E-state index in [1.54, 1.807) is 0 Å². The molecule has 0 saturated heterocycles. The summed E-state index contributed by atoms with van der Waals surface area (Å²) in [6.07, 6.45) is 5.59. The minimum absolute atomic E-state index is 0.326. The van der Waals surface area contributed by atoms with Crippen LogP contribution in [-0.2, 0) is 5.41 Å². The van der Waals surface area contributed by atoms with E-state index in [9.17, 15) is 0 Å². The summed E-state index contributed by atoms with van der Waals surface area (Å²) in [5.41, 5.74) is 14.9. The van der Waals surface area contributed by atoms with Crippen LogP contribution in [0.1, 0.15) is 25.1 Å². The maximum atomic E-state index is 5.62. The molecule has 6 aromatic heterocycles. The number of pyridine rings is 6. The Morgan fingerprint density at radius 2 is 0.934 bits per heavy atom. The van der Waals surface area contributed by atoms with Gasteiger partial charge < -0.3 is 0 Å². The average molecular weight is 779 g/mol. The van der Waals surface area contributed by atoms with Crippen molar-refractivity contribution in [2.45, 2.75) is 19.3 Å². The first kappa shape index (κ1) is 34.0. The molecule has 0 bridgehead atoms. The molecule has 6 heteroatoms. The van der Waals surface area contributed by atoms with Crippen molar-refractivity contribution in [1.82, 2.24) is 29.9 Å². The normalized spacial score (nSPS) is 13.2. The van der Waals surface area contributed by atoms with Gasteiger partial charge in [0, 0.05) is 78.6 Å². The van der Waals surface area contributed by atoms with Crippen molar-refractivity contribution < 1.29 is 0 Å². The van der Waals surface area contributed by atoms with Gasteiger partial charge in [0.05, 0.1) is 50.4 Å². The second kappa shape index (κ2) is 12.5. The van der Waals surface area contributed by atoms with Crippen LogP contribution in [0.3, 0.4) is 0 Å². The number of nitrogens with zero attached hydrogens (tertiary/aromatic N) is 6. The molecule has 0 saturated carbocycles. The molecular weight excluding hydrogens is 745 g/mol. The van der Waals surface area contributed by atoms with Crippen molar-refractivity contribution in [3.05, 3.63) is 182 Å². The molecule has 0 fully saturated rings. The van der Waals surface area contributed by atoms with E-state index in [-0.39, 0.29) is 5.41 Å². The lowest BCUT2D eigenvalue weighted by molar-refractivity contribution is 0.640. The first-order valence-corrected chi connectivity index (χ1v) is 20.7. The molecule has 0 aliphatic heterocycles. The zero-order valence-corrected chi connectivity index (χ0v) is 33.3. The fourth-order valence-electron chi connectivity index (χ4n) is 9.76. The molecule has 0 atom stereocenters. The molecule has 12 aromatic rings. The standard InChI is InChI=1S/C55H34N6/c1-55(2)45-28-36(47-23-17-33-13-11-31-7-5-25-56-49(31)51(33)59-47)15-20-40(45)44-29-43-39-10-4-3-9-38(39)42-27-35(16-21-41(42)53(43)61-54(44)55)46-22-19-37(30-58-46)48-24-18-34-14-12-32-8-6-26-57-50(32)52(34)60-48/h3-30H,1-2H3. The number of aromatic nitrogens is 6. The van der Waals surface area contributed by atoms with Crippen LogP contribution in [0.4, 0.5) is 0 Å². The lowest BCUT2D eigenvalue weighted by Crippen LogP contribution is -2.17.